The number of fused-ring (bicyclic) bond motifs is 2. The Labute approximate surface area is 153 Å². The normalized spacial score (nSPS) is 11.2. The maximum absolute atomic E-state index is 14.3. The number of pyridine rings is 1. The third-order valence-electron chi connectivity index (χ3n) is 4.14. The van der Waals surface area contributed by atoms with E-state index in [1.54, 1.807) is 24.4 Å². The molecule has 2 heterocycles. The fraction of sp³-hybridized carbons (Fsp3) is 0.100. The first-order chi connectivity index (χ1) is 12.7. The molecule has 4 nitrogen and oxygen atoms in total. The number of para-hydroxylation sites is 1. The first-order valence-electron chi connectivity index (χ1n) is 8.03. The summed E-state index contributed by atoms with van der Waals surface area (Å²) < 4.78 is 20.2. The number of amides is 1. The van der Waals surface area contributed by atoms with Crippen LogP contribution in [0.3, 0.4) is 0 Å². The van der Waals surface area contributed by atoms with Gasteiger partial charge < -0.3 is 10.1 Å². The summed E-state index contributed by atoms with van der Waals surface area (Å²) in [5, 5.41) is 4.29. The third kappa shape index (κ3) is 2.83. The van der Waals surface area contributed by atoms with Crippen molar-refractivity contribution in [3.8, 4) is 0 Å². The first-order valence-corrected chi connectivity index (χ1v) is 8.84. The van der Waals surface area contributed by atoms with Gasteiger partial charge >= 0.3 is 0 Å². The van der Waals surface area contributed by atoms with Crippen molar-refractivity contribution in [2.45, 2.75) is 6.61 Å². The van der Waals surface area contributed by atoms with Gasteiger partial charge in [-0.1, -0.05) is 24.3 Å². The Morgan fingerprint density at radius 3 is 2.85 bits per heavy atom. The highest BCUT2D eigenvalue weighted by molar-refractivity contribution is 7.21. The van der Waals surface area contributed by atoms with Crippen LogP contribution in [0.2, 0.25) is 0 Å². The van der Waals surface area contributed by atoms with Crippen LogP contribution in [-0.2, 0) is 11.3 Å². The lowest BCUT2D eigenvalue weighted by molar-refractivity contribution is 0.102. The molecule has 2 aromatic carbocycles. The van der Waals surface area contributed by atoms with Crippen molar-refractivity contribution >= 4 is 43.9 Å². The van der Waals surface area contributed by atoms with Gasteiger partial charge in [0.25, 0.3) is 5.91 Å². The van der Waals surface area contributed by atoms with Crippen molar-refractivity contribution in [3.63, 3.8) is 0 Å². The molecule has 0 aliphatic carbocycles. The van der Waals surface area contributed by atoms with E-state index < -0.39 is 0 Å². The molecule has 4 rings (SSSR count). The number of hydrogen-bond acceptors (Lipinski definition) is 4. The molecule has 0 spiro atoms. The second-order valence-electron chi connectivity index (χ2n) is 5.79. The quantitative estimate of drug-likeness (QED) is 0.554. The molecule has 26 heavy (non-hydrogen) atoms. The summed E-state index contributed by atoms with van der Waals surface area (Å²) in [6.07, 6.45) is 1.68. The molecule has 130 valence electrons. The monoisotopic (exact) mass is 366 g/mol. The molecular formula is C20H15FN2O2S. The predicted octanol–water partition coefficient (Wildman–Crippen LogP) is 4.99. The molecule has 0 saturated heterocycles. The van der Waals surface area contributed by atoms with E-state index in [2.05, 4.69) is 10.3 Å². The number of carbonyl (C=O) groups excluding carboxylic acids is 1. The Morgan fingerprint density at radius 2 is 2.00 bits per heavy atom. The van der Waals surface area contributed by atoms with Crippen LogP contribution < -0.4 is 5.32 Å². The maximum Gasteiger partial charge on any atom is 0.266 e. The second kappa shape index (κ2) is 6.82. The molecule has 0 atom stereocenters. The number of nitrogens with one attached hydrogen (secondary N) is 1. The highest BCUT2D eigenvalue weighted by Crippen LogP contribution is 2.34. The zero-order valence-corrected chi connectivity index (χ0v) is 14.8. The average molecular weight is 366 g/mol. The lowest BCUT2D eigenvalue weighted by atomic mass is 10.1. The number of carbonyl (C=O) groups is 1. The average Bonchev–Trinajstić information content (AvgIpc) is 3.02. The van der Waals surface area contributed by atoms with Gasteiger partial charge in [0.15, 0.2) is 0 Å². The van der Waals surface area contributed by atoms with Crippen LogP contribution in [0.4, 0.5) is 10.1 Å². The van der Waals surface area contributed by atoms with Crippen molar-refractivity contribution < 1.29 is 13.9 Å². The molecule has 6 heteroatoms. The molecule has 1 N–H and O–H groups in total. The summed E-state index contributed by atoms with van der Waals surface area (Å²) >= 11 is 1.26. The van der Waals surface area contributed by atoms with E-state index in [4.69, 9.17) is 4.74 Å². The lowest BCUT2D eigenvalue weighted by Crippen LogP contribution is -2.13. The van der Waals surface area contributed by atoms with Gasteiger partial charge in [0.05, 0.1) is 22.7 Å². The molecular weight excluding hydrogens is 351 g/mol. The van der Waals surface area contributed by atoms with Gasteiger partial charge in [0.2, 0.25) is 0 Å². The highest BCUT2D eigenvalue weighted by atomic mass is 32.1. The van der Waals surface area contributed by atoms with E-state index in [1.807, 2.05) is 24.3 Å². The van der Waals surface area contributed by atoms with E-state index in [-0.39, 0.29) is 18.3 Å². The van der Waals surface area contributed by atoms with Crippen molar-refractivity contribution in [2.75, 3.05) is 12.4 Å². The molecule has 0 aliphatic heterocycles. The Balaban J connectivity index is 1.79. The third-order valence-corrected chi connectivity index (χ3v) is 5.34. The molecule has 0 bridgehead atoms. The first kappa shape index (κ1) is 16.6. The smallest absolute Gasteiger partial charge is 0.266 e. The molecule has 0 saturated carbocycles. The fourth-order valence-electron chi connectivity index (χ4n) is 3.02. The summed E-state index contributed by atoms with van der Waals surface area (Å²) in [6.45, 7) is 0.164. The second-order valence-corrected chi connectivity index (χ2v) is 6.84. The number of hydrogen-bond donors (Lipinski definition) is 1. The van der Waals surface area contributed by atoms with E-state index in [9.17, 15) is 9.18 Å². The molecule has 0 fully saturated rings. The summed E-state index contributed by atoms with van der Waals surface area (Å²) in [7, 11) is 1.53. The van der Waals surface area contributed by atoms with E-state index in [0.29, 0.717) is 27.0 Å². The lowest BCUT2D eigenvalue weighted by Gasteiger charge is -2.08. The van der Waals surface area contributed by atoms with Gasteiger partial charge in [-0.05, 0) is 24.3 Å². The SMILES string of the molecule is COCc1c(C(=O)Nc2cccc3cccnc23)sc2cccc(F)c12. The molecule has 0 unspecified atom stereocenters. The number of nitrogens with zero attached hydrogens (tertiary/aromatic N) is 1. The van der Waals surface area contributed by atoms with Crippen LogP contribution in [-0.4, -0.2) is 18.0 Å². The zero-order chi connectivity index (χ0) is 18.1. The number of anilines is 1. The van der Waals surface area contributed by atoms with Gasteiger partial charge in [-0.25, -0.2) is 4.39 Å². The number of methoxy groups -OCH3 is 1. The van der Waals surface area contributed by atoms with Gasteiger partial charge in [-0.15, -0.1) is 11.3 Å². The van der Waals surface area contributed by atoms with E-state index >= 15 is 0 Å². The molecule has 0 aliphatic rings. The van der Waals surface area contributed by atoms with Crippen LogP contribution in [0.5, 0.6) is 0 Å². The van der Waals surface area contributed by atoms with E-state index in [0.717, 1.165) is 10.1 Å². The number of aromatic nitrogens is 1. The summed E-state index contributed by atoms with van der Waals surface area (Å²) in [5.74, 6) is -0.646. The molecule has 2 aromatic heterocycles. The number of ether oxygens (including phenoxy) is 1. The Morgan fingerprint density at radius 1 is 1.19 bits per heavy atom. The molecule has 4 aromatic rings. The summed E-state index contributed by atoms with van der Waals surface area (Å²) in [5.41, 5.74) is 1.90. The summed E-state index contributed by atoms with van der Waals surface area (Å²) in [4.78, 5) is 17.7. The minimum Gasteiger partial charge on any atom is -0.380 e. The molecule has 0 radical (unpaired) electrons. The Kier molecular flexibility index (Phi) is 4.36. The minimum absolute atomic E-state index is 0.164. The van der Waals surface area contributed by atoms with Crippen molar-refractivity contribution in [3.05, 3.63) is 71.0 Å². The van der Waals surface area contributed by atoms with Gasteiger partial charge in [0, 0.05) is 34.3 Å². The summed E-state index contributed by atoms with van der Waals surface area (Å²) in [6, 6.07) is 14.2. The number of benzene rings is 2. The van der Waals surface area contributed by atoms with Crippen molar-refractivity contribution in [1.29, 1.82) is 0 Å². The van der Waals surface area contributed by atoms with Crippen molar-refractivity contribution in [1.82, 2.24) is 4.98 Å². The Bertz CT molecular complexity index is 1120. The topological polar surface area (TPSA) is 51.2 Å². The number of rotatable bonds is 4. The van der Waals surface area contributed by atoms with Crippen LogP contribution in [0.1, 0.15) is 15.2 Å². The maximum atomic E-state index is 14.3. The van der Waals surface area contributed by atoms with Crippen LogP contribution in [0.15, 0.2) is 54.7 Å². The zero-order valence-electron chi connectivity index (χ0n) is 14.0. The highest BCUT2D eigenvalue weighted by Gasteiger charge is 2.21. The largest absolute Gasteiger partial charge is 0.380 e. The van der Waals surface area contributed by atoms with Crippen LogP contribution in [0.25, 0.3) is 21.0 Å². The van der Waals surface area contributed by atoms with Gasteiger partial charge in [-0.3, -0.25) is 9.78 Å². The minimum atomic E-state index is -0.350. The number of thiophene rings is 1. The predicted molar refractivity (Wildman–Crippen MR) is 102 cm³/mol. The van der Waals surface area contributed by atoms with Gasteiger partial charge in [-0.2, -0.15) is 0 Å². The molecule has 1 amide bonds. The van der Waals surface area contributed by atoms with Gasteiger partial charge in [0.1, 0.15) is 5.82 Å². The standard InChI is InChI=1S/C20H15FN2O2S/c1-25-11-13-17-14(21)7-3-9-16(17)26-19(13)20(24)23-15-8-2-5-12-6-4-10-22-18(12)15/h2-10H,11H2,1H3,(H,23,24). The van der Waals surface area contributed by atoms with Crippen LogP contribution in [0, 0.1) is 5.82 Å². The van der Waals surface area contributed by atoms with E-state index in [1.165, 1.54) is 24.5 Å². The number of halogens is 1. The van der Waals surface area contributed by atoms with Crippen molar-refractivity contribution in [2.24, 2.45) is 0 Å². The van der Waals surface area contributed by atoms with Crippen LogP contribution >= 0.6 is 11.3 Å². The Hall–Kier alpha value is -2.83. The fourth-order valence-corrected chi connectivity index (χ4v) is 4.13.